The van der Waals surface area contributed by atoms with Crippen LogP contribution in [0.2, 0.25) is 0 Å². The molecule has 10 nitrogen and oxygen atoms in total. The molecule has 25 heavy (non-hydrogen) atoms. The van der Waals surface area contributed by atoms with Gasteiger partial charge in [-0.25, -0.2) is 13.5 Å². The number of rotatable bonds is 4. The highest BCUT2D eigenvalue weighted by molar-refractivity contribution is 6.02. The van der Waals surface area contributed by atoms with Gasteiger partial charge in [0.05, 0.1) is 5.69 Å². The largest absolute Gasteiger partial charge is 0.288 e. The van der Waals surface area contributed by atoms with Gasteiger partial charge in [-0.1, -0.05) is 23.4 Å². The number of H-pyrrole nitrogens is 1. The molecule has 0 spiro atoms. The summed E-state index contributed by atoms with van der Waals surface area (Å²) in [4.78, 5) is 16.2. The number of aromatic nitrogens is 8. The Balaban J connectivity index is 1.71. The Hall–Kier alpha value is -3.70. The molecule has 3 heterocycles. The first-order valence-electron chi connectivity index (χ1n) is 7.00. The van der Waals surface area contributed by atoms with Crippen LogP contribution in [0.5, 0.6) is 0 Å². The number of halogens is 2. The molecule has 0 aliphatic carbocycles. The van der Waals surface area contributed by atoms with Gasteiger partial charge in [0, 0.05) is 0 Å². The number of para-hydroxylation sites is 1. The first-order chi connectivity index (χ1) is 12.1. The van der Waals surface area contributed by atoms with Crippen molar-refractivity contribution in [1.82, 2.24) is 39.8 Å². The van der Waals surface area contributed by atoms with Crippen LogP contribution in [0.15, 0.2) is 36.7 Å². The molecule has 12 heteroatoms. The number of hydrogen-bond acceptors (Lipinski definition) is 6. The van der Waals surface area contributed by atoms with E-state index in [9.17, 15) is 13.6 Å². The van der Waals surface area contributed by atoms with Crippen LogP contribution >= 0.6 is 0 Å². The molecule has 2 N–H and O–H groups in total. The lowest BCUT2D eigenvalue weighted by Gasteiger charge is -2.06. The zero-order chi connectivity index (χ0) is 17.4. The fourth-order valence-electron chi connectivity index (χ4n) is 2.27. The molecule has 0 radical (unpaired) electrons. The number of nitrogens with one attached hydrogen (secondary N) is 2. The van der Waals surface area contributed by atoms with E-state index in [1.165, 1.54) is 10.8 Å². The van der Waals surface area contributed by atoms with Gasteiger partial charge in [0.25, 0.3) is 24.1 Å². The number of carbonyl (C=O) groups excluding carboxylic acids is 1. The van der Waals surface area contributed by atoms with Crippen LogP contribution < -0.4 is 5.32 Å². The van der Waals surface area contributed by atoms with Crippen LogP contribution in [-0.2, 0) is 0 Å². The Morgan fingerprint density at radius 2 is 1.96 bits per heavy atom. The van der Waals surface area contributed by atoms with Crippen molar-refractivity contribution in [3.8, 4) is 5.69 Å². The lowest BCUT2D eigenvalue weighted by Crippen LogP contribution is -2.17. The predicted octanol–water partition coefficient (Wildman–Crippen LogP) is 1.22. The van der Waals surface area contributed by atoms with Crippen molar-refractivity contribution in [3.63, 3.8) is 0 Å². The molecule has 1 amide bonds. The highest BCUT2D eigenvalue weighted by atomic mass is 19.3. The Bertz CT molecular complexity index is 1040. The number of aromatic amines is 1. The van der Waals surface area contributed by atoms with Gasteiger partial charge in [0.1, 0.15) is 12.0 Å². The van der Waals surface area contributed by atoms with Crippen molar-refractivity contribution in [2.75, 3.05) is 5.32 Å². The Labute approximate surface area is 137 Å². The first-order valence-corrected chi connectivity index (χ1v) is 7.00. The van der Waals surface area contributed by atoms with Gasteiger partial charge >= 0.3 is 0 Å². The number of nitrogens with zero attached hydrogens (tertiary/aromatic N) is 7. The molecule has 0 aliphatic rings. The van der Waals surface area contributed by atoms with Crippen LogP contribution in [0.4, 0.5) is 14.7 Å². The summed E-state index contributed by atoms with van der Waals surface area (Å²) < 4.78 is 29.2. The molecule has 0 bridgehead atoms. The summed E-state index contributed by atoms with van der Waals surface area (Å²) in [6.07, 6.45) is -1.61. The zero-order valence-corrected chi connectivity index (χ0v) is 12.3. The monoisotopic (exact) mass is 345 g/mol. The average Bonchev–Trinajstić information content (AvgIpc) is 3.32. The second kappa shape index (κ2) is 5.74. The molecular weight excluding hydrogens is 336 g/mol. The number of alkyl halides is 2. The SMILES string of the molecule is O=C(Nc1nnc2nc[nH]n12)c1nnn(-c2ccccc2)c1C(F)F. The van der Waals surface area contributed by atoms with E-state index in [4.69, 9.17) is 0 Å². The lowest BCUT2D eigenvalue weighted by atomic mass is 10.2. The minimum Gasteiger partial charge on any atom is -0.288 e. The standard InChI is InChI=1S/C13H9F2N9O/c14-10(15)9-8(19-22-23(9)7-4-2-1-3-5-7)11(25)18-13-21-20-12-16-6-17-24(12)13/h1-6,10H,(H,16,17,20)(H,18,21,25). The molecule has 3 aromatic heterocycles. The fraction of sp³-hybridized carbons (Fsp3) is 0.0769. The number of benzene rings is 1. The number of anilines is 1. The normalized spacial score (nSPS) is 11.3. The maximum atomic E-state index is 13.5. The van der Waals surface area contributed by atoms with Crippen LogP contribution in [0.1, 0.15) is 22.6 Å². The second-order valence-electron chi connectivity index (χ2n) is 4.87. The van der Waals surface area contributed by atoms with E-state index in [0.717, 1.165) is 4.68 Å². The summed E-state index contributed by atoms with van der Waals surface area (Å²) in [5, 5.41) is 19.7. The van der Waals surface area contributed by atoms with Gasteiger partial charge < -0.3 is 0 Å². The van der Waals surface area contributed by atoms with E-state index in [0.29, 0.717) is 5.69 Å². The molecule has 0 unspecified atom stereocenters. The van der Waals surface area contributed by atoms with Crippen molar-refractivity contribution in [2.45, 2.75) is 6.43 Å². The van der Waals surface area contributed by atoms with Crippen molar-refractivity contribution in [1.29, 1.82) is 0 Å². The summed E-state index contributed by atoms with van der Waals surface area (Å²) in [5.41, 5.74) is -0.757. The molecule has 4 aromatic rings. The summed E-state index contributed by atoms with van der Waals surface area (Å²) >= 11 is 0. The number of fused-ring (bicyclic) bond motifs is 1. The van der Waals surface area contributed by atoms with Crippen molar-refractivity contribution < 1.29 is 13.6 Å². The third kappa shape index (κ3) is 2.49. The third-order valence-corrected chi connectivity index (χ3v) is 3.37. The molecule has 4 rings (SSSR count). The number of carbonyl (C=O) groups is 1. The van der Waals surface area contributed by atoms with Crippen LogP contribution in [0.3, 0.4) is 0 Å². The van der Waals surface area contributed by atoms with Crippen molar-refractivity contribution >= 4 is 17.6 Å². The number of amides is 1. The average molecular weight is 345 g/mol. The van der Waals surface area contributed by atoms with Gasteiger partial charge in [-0.3, -0.25) is 15.2 Å². The maximum Gasteiger partial charge on any atom is 0.282 e. The highest BCUT2D eigenvalue weighted by Crippen LogP contribution is 2.24. The van der Waals surface area contributed by atoms with E-state index in [2.05, 4.69) is 35.9 Å². The minimum atomic E-state index is -2.96. The van der Waals surface area contributed by atoms with Gasteiger partial charge in [-0.15, -0.1) is 15.3 Å². The molecule has 1 aromatic carbocycles. The van der Waals surface area contributed by atoms with E-state index in [-0.39, 0.29) is 11.7 Å². The summed E-state index contributed by atoms with van der Waals surface area (Å²) in [5.74, 6) is -0.675. The Kier molecular flexibility index (Phi) is 3.41. The van der Waals surface area contributed by atoms with Crippen LogP contribution in [0, 0.1) is 0 Å². The lowest BCUT2D eigenvalue weighted by molar-refractivity contribution is 0.0999. The van der Waals surface area contributed by atoms with Gasteiger partial charge in [-0.2, -0.15) is 9.50 Å². The molecule has 0 saturated heterocycles. The van der Waals surface area contributed by atoms with E-state index >= 15 is 0 Å². The third-order valence-electron chi connectivity index (χ3n) is 3.37. The topological polar surface area (TPSA) is 119 Å². The predicted molar refractivity (Wildman–Crippen MR) is 79.4 cm³/mol. The van der Waals surface area contributed by atoms with Gasteiger partial charge in [0.15, 0.2) is 5.69 Å². The van der Waals surface area contributed by atoms with Crippen LogP contribution in [-0.4, -0.2) is 45.7 Å². The van der Waals surface area contributed by atoms with E-state index < -0.39 is 23.7 Å². The van der Waals surface area contributed by atoms with Crippen molar-refractivity contribution in [3.05, 3.63) is 48.0 Å². The fourth-order valence-corrected chi connectivity index (χ4v) is 2.27. The summed E-state index contributed by atoms with van der Waals surface area (Å²) in [6.45, 7) is 0. The molecule has 0 fully saturated rings. The maximum absolute atomic E-state index is 13.5. The molecule has 0 atom stereocenters. The molecular formula is C13H9F2N9O. The first kappa shape index (κ1) is 14.9. The van der Waals surface area contributed by atoms with Crippen LogP contribution in [0.25, 0.3) is 11.5 Å². The van der Waals surface area contributed by atoms with Crippen molar-refractivity contribution in [2.24, 2.45) is 0 Å². The second-order valence-corrected chi connectivity index (χ2v) is 4.87. The smallest absolute Gasteiger partial charge is 0.282 e. The Morgan fingerprint density at radius 1 is 1.16 bits per heavy atom. The minimum absolute atomic E-state index is 0.00743. The van der Waals surface area contributed by atoms with Gasteiger partial charge in [0.2, 0.25) is 0 Å². The summed E-state index contributed by atoms with van der Waals surface area (Å²) in [6, 6.07) is 8.22. The molecule has 0 aliphatic heterocycles. The molecule has 0 saturated carbocycles. The van der Waals surface area contributed by atoms with E-state index in [1.54, 1.807) is 30.3 Å². The van der Waals surface area contributed by atoms with Gasteiger partial charge in [-0.05, 0) is 12.1 Å². The van der Waals surface area contributed by atoms with E-state index in [1.807, 2.05) is 0 Å². The molecule has 126 valence electrons. The zero-order valence-electron chi connectivity index (χ0n) is 12.3. The highest BCUT2D eigenvalue weighted by Gasteiger charge is 2.28. The Morgan fingerprint density at radius 3 is 2.72 bits per heavy atom. The number of hydrogen-bond donors (Lipinski definition) is 2. The quantitative estimate of drug-likeness (QED) is 0.574. The summed E-state index contributed by atoms with van der Waals surface area (Å²) in [7, 11) is 0.